The molecule has 0 saturated carbocycles. The molecule has 5 rings (SSSR count). The van der Waals surface area contributed by atoms with E-state index in [1.54, 1.807) is 12.5 Å². The van der Waals surface area contributed by atoms with Crippen LogP contribution in [0.2, 0.25) is 0 Å². The number of para-hydroxylation sites is 1. The molecule has 1 unspecified atom stereocenters. The van der Waals surface area contributed by atoms with Gasteiger partial charge in [-0.15, -0.1) is 0 Å². The molecule has 0 bridgehead atoms. The summed E-state index contributed by atoms with van der Waals surface area (Å²) in [6, 6.07) is 9.48. The number of rotatable bonds is 5. The number of unbranched alkanes of at least 4 members (excludes halogenated alkanes) is 1. The predicted octanol–water partition coefficient (Wildman–Crippen LogP) is 4.02. The van der Waals surface area contributed by atoms with Gasteiger partial charge >= 0.3 is 0 Å². The average Bonchev–Trinajstić information content (AvgIpc) is 3.48. The van der Waals surface area contributed by atoms with Crippen LogP contribution >= 0.6 is 0 Å². The summed E-state index contributed by atoms with van der Waals surface area (Å²) in [5.41, 5.74) is 4.36. The maximum absolute atomic E-state index is 14.0. The van der Waals surface area contributed by atoms with E-state index < -0.39 is 0 Å². The van der Waals surface area contributed by atoms with Crippen molar-refractivity contribution in [2.75, 3.05) is 6.54 Å². The molecule has 1 aliphatic rings. The number of aromatic nitrogens is 4. The minimum Gasteiger partial charge on any atom is -0.460 e. The largest absolute Gasteiger partial charge is 0.460 e. The Hall–Kier alpha value is -3.35. The lowest BCUT2D eigenvalue weighted by atomic mass is 9.97. The van der Waals surface area contributed by atoms with Crippen LogP contribution in [0, 0.1) is 0 Å². The SMILES string of the molecule is CCCCc1oc2ccccc2c1C(=O)N1CCc2[nH]cnc2C1c1ccnn1C. The minimum absolute atomic E-state index is 0.00842. The number of benzene rings is 1. The third-order valence-electron chi connectivity index (χ3n) is 5.96. The first-order chi connectivity index (χ1) is 14.7. The van der Waals surface area contributed by atoms with Gasteiger partial charge in [0.2, 0.25) is 0 Å². The molecule has 1 N–H and O–H groups in total. The molecule has 0 radical (unpaired) electrons. The number of hydrogen-bond donors (Lipinski definition) is 1. The normalized spacial score (nSPS) is 16.2. The van der Waals surface area contributed by atoms with E-state index in [9.17, 15) is 4.79 Å². The number of aromatic amines is 1. The maximum Gasteiger partial charge on any atom is 0.258 e. The summed E-state index contributed by atoms with van der Waals surface area (Å²) in [4.78, 5) is 23.7. The van der Waals surface area contributed by atoms with E-state index in [1.807, 2.05) is 47.0 Å². The summed E-state index contributed by atoms with van der Waals surface area (Å²) in [5.74, 6) is 0.769. The van der Waals surface area contributed by atoms with Crippen LogP contribution in [0.3, 0.4) is 0 Å². The highest BCUT2D eigenvalue weighted by atomic mass is 16.3. The molecular weight excluding hydrogens is 378 g/mol. The summed E-state index contributed by atoms with van der Waals surface area (Å²) in [7, 11) is 1.90. The molecule has 0 saturated heterocycles. The third kappa shape index (κ3) is 2.93. The lowest BCUT2D eigenvalue weighted by Crippen LogP contribution is -2.41. The van der Waals surface area contributed by atoms with Crippen molar-refractivity contribution in [2.24, 2.45) is 7.05 Å². The number of nitrogens with zero attached hydrogens (tertiary/aromatic N) is 4. The second-order valence-corrected chi connectivity index (χ2v) is 7.80. The van der Waals surface area contributed by atoms with E-state index in [-0.39, 0.29) is 11.9 Å². The van der Waals surface area contributed by atoms with E-state index in [2.05, 4.69) is 22.0 Å². The number of amides is 1. The van der Waals surface area contributed by atoms with Gasteiger partial charge in [-0.1, -0.05) is 31.5 Å². The van der Waals surface area contributed by atoms with E-state index in [0.29, 0.717) is 12.1 Å². The molecule has 1 amide bonds. The number of hydrogen-bond acceptors (Lipinski definition) is 4. The number of nitrogens with one attached hydrogen (secondary N) is 1. The number of carbonyl (C=O) groups excluding carboxylic acids is 1. The van der Waals surface area contributed by atoms with Gasteiger partial charge in [0.05, 0.1) is 23.3 Å². The van der Waals surface area contributed by atoms with Crippen LogP contribution in [0.25, 0.3) is 11.0 Å². The van der Waals surface area contributed by atoms with E-state index >= 15 is 0 Å². The van der Waals surface area contributed by atoms with Gasteiger partial charge in [-0.2, -0.15) is 5.10 Å². The zero-order chi connectivity index (χ0) is 20.7. The number of carbonyl (C=O) groups is 1. The van der Waals surface area contributed by atoms with Crippen molar-refractivity contribution in [1.82, 2.24) is 24.6 Å². The first-order valence-electron chi connectivity index (χ1n) is 10.5. The van der Waals surface area contributed by atoms with Crippen LogP contribution < -0.4 is 0 Å². The van der Waals surface area contributed by atoms with Crippen molar-refractivity contribution in [3.8, 4) is 0 Å². The van der Waals surface area contributed by atoms with Gasteiger partial charge in [0.15, 0.2) is 0 Å². The Labute approximate surface area is 174 Å². The van der Waals surface area contributed by atoms with Gasteiger partial charge in [-0.25, -0.2) is 4.98 Å². The van der Waals surface area contributed by atoms with Gasteiger partial charge in [0, 0.05) is 43.7 Å². The van der Waals surface area contributed by atoms with Crippen molar-refractivity contribution in [3.63, 3.8) is 0 Å². The highest BCUT2D eigenvalue weighted by Crippen LogP contribution is 2.36. The Kier molecular flexibility index (Phi) is 4.65. The van der Waals surface area contributed by atoms with Gasteiger partial charge in [0.1, 0.15) is 17.4 Å². The first-order valence-corrected chi connectivity index (χ1v) is 10.5. The quantitative estimate of drug-likeness (QED) is 0.546. The summed E-state index contributed by atoms with van der Waals surface area (Å²) >= 11 is 0. The summed E-state index contributed by atoms with van der Waals surface area (Å²) in [6.07, 6.45) is 7.00. The van der Waals surface area contributed by atoms with Crippen LogP contribution in [0.15, 0.2) is 47.3 Å². The van der Waals surface area contributed by atoms with Gasteiger partial charge in [-0.05, 0) is 18.6 Å². The zero-order valence-electron chi connectivity index (χ0n) is 17.3. The van der Waals surface area contributed by atoms with E-state index in [4.69, 9.17) is 4.42 Å². The van der Waals surface area contributed by atoms with Crippen molar-refractivity contribution in [2.45, 2.75) is 38.6 Å². The van der Waals surface area contributed by atoms with E-state index in [0.717, 1.165) is 59.5 Å². The molecule has 7 nitrogen and oxygen atoms in total. The Morgan fingerprint density at radius 1 is 1.30 bits per heavy atom. The molecule has 30 heavy (non-hydrogen) atoms. The summed E-state index contributed by atoms with van der Waals surface area (Å²) < 4.78 is 7.95. The topological polar surface area (TPSA) is 80.0 Å². The van der Waals surface area contributed by atoms with E-state index in [1.165, 1.54) is 0 Å². The molecule has 3 aromatic heterocycles. The molecule has 7 heteroatoms. The molecule has 0 spiro atoms. The Balaban J connectivity index is 1.63. The Bertz CT molecular complexity index is 1200. The lowest BCUT2D eigenvalue weighted by Gasteiger charge is -2.35. The zero-order valence-corrected chi connectivity index (χ0v) is 17.3. The number of imidazole rings is 1. The molecule has 154 valence electrons. The predicted molar refractivity (Wildman–Crippen MR) is 113 cm³/mol. The lowest BCUT2D eigenvalue weighted by molar-refractivity contribution is 0.0683. The van der Waals surface area contributed by atoms with Crippen LogP contribution in [0.5, 0.6) is 0 Å². The molecule has 4 aromatic rings. The van der Waals surface area contributed by atoms with Crippen molar-refractivity contribution in [3.05, 3.63) is 71.3 Å². The number of H-pyrrole nitrogens is 1. The fourth-order valence-corrected chi connectivity index (χ4v) is 4.43. The standard InChI is InChI=1S/C23H25N5O2/c1-3-4-8-19-20(15-7-5-6-9-18(15)30-19)23(29)28-13-11-16-21(25-14-24-16)22(28)17-10-12-26-27(17)2/h5-7,9-10,12,14,22H,3-4,8,11,13H2,1-2H3,(H,24,25). The monoisotopic (exact) mass is 403 g/mol. The van der Waals surface area contributed by atoms with Crippen LogP contribution in [0.4, 0.5) is 0 Å². The molecular formula is C23H25N5O2. The van der Waals surface area contributed by atoms with Gasteiger partial charge in [0.25, 0.3) is 5.91 Å². The fraction of sp³-hybridized carbons (Fsp3) is 0.348. The maximum atomic E-state index is 14.0. The molecule has 0 aliphatic carbocycles. The molecule has 4 heterocycles. The van der Waals surface area contributed by atoms with Crippen molar-refractivity contribution >= 4 is 16.9 Å². The Morgan fingerprint density at radius 3 is 2.97 bits per heavy atom. The van der Waals surface area contributed by atoms with Crippen molar-refractivity contribution < 1.29 is 9.21 Å². The van der Waals surface area contributed by atoms with Gasteiger partial charge in [-0.3, -0.25) is 9.48 Å². The van der Waals surface area contributed by atoms with Crippen LogP contribution in [0.1, 0.15) is 59.0 Å². The molecule has 1 atom stereocenters. The fourth-order valence-electron chi connectivity index (χ4n) is 4.43. The average molecular weight is 403 g/mol. The van der Waals surface area contributed by atoms with Crippen LogP contribution in [-0.2, 0) is 19.9 Å². The summed E-state index contributed by atoms with van der Waals surface area (Å²) in [6.45, 7) is 2.75. The molecule has 0 fully saturated rings. The van der Waals surface area contributed by atoms with Crippen LogP contribution in [-0.4, -0.2) is 37.1 Å². The first kappa shape index (κ1) is 18.7. The van der Waals surface area contributed by atoms with Gasteiger partial charge < -0.3 is 14.3 Å². The minimum atomic E-state index is -0.285. The highest BCUT2D eigenvalue weighted by Gasteiger charge is 2.38. The molecule has 1 aliphatic heterocycles. The molecule has 1 aromatic carbocycles. The smallest absolute Gasteiger partial charge is 0.258 e. The highest BCUT2D eigenvalue weighted by molar-refractivity contribution is 6.07. The second kappa shape index (κ2) is 7.48. The Morgan fingerprint density at radius 2 is 2.17 bits per heavy atom. The second-order valence-electron chi connectivity index (χ2n) is 7.80. The number of fused-ring (bicyclic) bond motifs is 2. The number of aryl methyl sites for hydroxylation is 2. The summed E-state index contributed by atoms with van der Waals surface area (Å²) in [5, 5.41) is 5.22. The number of furan rings is 1. The third-order valence-corrected chi connectivity index (χ3v) is 5.96. The van der Waals surface area contributed by atoms with Crippen molar-refractivity contribution in [1.29, 1.82) is 0 Å².